The second-order valence-corrected chi connectivity index (χ2v) is 5.51. The molecule has 2 rings (SSSR count). The van der Waals surface area contributed by atoms with E-state index in [9.17, 15) is 4.79 Å². The minimum Gasteiger partial charge on any atom is -0.497 e. The van der Waals surface area contributed by atoms with Crippen molar-refractivity contribution >= 4 is 5.91 Å². The molecule has 0 unspecified atom stereocenters. The first kappa shape index (κ1) is 16.9. The quantitative estimate of drug-likeness (QED) is 0.788. The molecule has 1 amide bonds. The summed E-state index contributed by atoms with van der Waals surface area (Å²) in [5.41, 5.74) is 2.10. The van der Waals surface area contributed by atoms with Crippen LogP contribution in [0.4, 0.5) is 0 Å². The van der Waals surface area contributed by atoms with Crippen molar-refractivity contribution in [1.82, 2.24) is 4.90 Å². The standard InChI is InChI=1S/C19H23NO3/c1-15-6-4-9-18(12-15)23-11-10-20(2)19(21)14-16-7-5-8-17(13-16)22-3/h4-9,12-13H,10-11,14H2,1-3H3. The summed E-state index contributed by atoms with van der Waals surface area (Å²) in [6.45, 7) is 3.05. The fraction of sp³-hybridized carbons (Fsp3) is 0.316. The topological polar surface area (TPSA) is 38.8 Å². The molecule has 122 valence electrons. The number of ether oxygens (including phenoxy) is 2. The molecule has 0 fully saturated rings. The Morgan fingerprint density at radius 2 is 1.83 bits per heavy atom. The van der Waals surface area contributed by atoms with Crippen molar-refractivity contribution in [3.8, 4) is 11.5 Å². The van der Waals surface area contributed by atoms with E-state index in [0.29, 0.717) is 19.6 Å². The zero-order valence-corrected chi connectivity index (χ0v) is 13.9. The van der Waals surface area contributed by atoms with Crippen LogP contribution in [0.15, 0.2) is 48.5 Å². The molecule has 0 heterocycles. The van der Waals surface area contributed by atoms with Crippen molar-refractivity contribution in [2.24, 2.45) is 0 Å². The number of carbonyl (C=O) groups is 1. The SMILES string of the molecule is COc1cccc(CC(=O)N(C)CCOc2cccc(C)c2)c1. The highest BCUT2D eigenvalue weighted by atomic mass is 16.5. The zero-order chi connectivity index (χ0) is 16.7. The van der Waals surface area contributed by atoms with Crippen LogP contribution in [0.1, 0.15) is 11.1 Å². The third-order valence-electron chi connectivity index (χ3n) is 3.60. The van der Waals surface area contributed by atoms with Crippen molar-refractivity contribution in [2.45, 2.75) is 13.3 Å². The van der Waals surface area contributed by atoms with E-state index in [-0.39, 0.29) is 5.91 Å². The lowest BCUT2D eigenvalue weighted by Crippen LogP contribution is -2.32. The fourth-order valence-electron chi connectivity index (χ4n) is 2.22. The van der Waals surface area contributed by atoms with E-state index in [4.69, 9.17) is 9.47 Å². The van der Waals surface area contributed by atoms with Gasteiger partial charge in [0.05, 0.1) is 20.1 Å². The van der Waals surface area contributed by atoms with Crippen LogP contribution in [-0.2, 0) is 11.2 Å². The monoisotopic (exact) mass is 313 g/mol. The van der Waals surface area contributed by atoms with Crippen molar-refractivity contribution in [3.63, 3.8) is 0 Å². The number of likely N-dealkylation sites (N-methyl/N-ethyl adjacent to an activating group) is 1. The molecule has 0 bridgehead atoms. The first-order valence-corrected chi connectivity index (χ1v) is 7.65. The Balaban J connectivity index is 1.80. The number of amides is 1. The lowest BCUT2D eigenvalue weighted by Gasteiger charge is -2.18. The molecule has 23 heavy (non-hydrogen) atoms. The van der Waals surface area contributed by atoms with Crippen LogP contribution in [-0.4, -0.2) is 38.1 Å². The Kier molecular flexibility index (Phi) is 6.03. The van der Waals surface area contributed by atoms with Crippen LogP contribution in [0.3, 0.4) is 0 Å². The Labute approximate surface area is 137 Å². The van der Waals surface area contributed by atoms with Crippen molar-refractivity contribution < 1.29 is 14.3 Å². The molecule has 4 nitrogen and oxygen atoms in total. The molecule has 0 aliphatic heterocycles. The van der Waals surface area contributed by atoms with Gasteiger partial charge in [-0.2, -0.15) is 0 Å². The molecule has 4 heteroatoms. The largest absolute Gasteiger partial charge is 0.497 e. The summed E-state index contributed by atoms with van der Waals surface area (Å²) >= 11 is 0. The first-order chi connectivity index (χ1) is 11.1. The number of benzene rings is 2. The number of carbonyl (C=O) groups excluding carboxylic acids is 1. The Morgan fingerprint density at radius 3 is 2.57 bits per heavy atom. The molecule has 0 N–H and O–H groups in total. The molecule has 2 aromatic carbocycles. The molecule has 0 saturated carbocycles. The predicted molar refractivity (Wildman–Crippen MR) is 91.0 cm³/mol. The summed E-state index contributed by atoms with van der Waals surface area (Å²) < 4.78 is 10.9. The van der Waals surface area contributed by atoms with E-state index in [1.807, 2.05) is 55.5 Å². The summed E-state index contributed by atoms with van der Waals surface area (Å²) in [5, 5.41) is 0. The van der Waals surface area contributed by atoms with E-state index in [0.717, 1.165) is 22.6 Å². The molecule has 0 atom stereocenters. The minimum absolute atomic E-state index is 0.0612. The number of nitrogens with zero attached hydrogens (tertiary/aromatic N) is 1. The summed E-state index contributed by atoms with van der Waals surface area (Å²) in [4.78, 5) is 13.9. The Morgan fingerprint density at radius 1 is 1.09 bits per heavy atom. The maximum atomic E-state index is 12.2. The molecular weight excluding hydrogens is 290 g/mol. The van der Waals surface area contributed by atoms with Gasteiger partial charge in [0, 0.05) is 7.05 Å². The van der Waals surface area contributed by atoms with Crippen molar-refractivity contribution in [3.05, 3.63) is 59.7 Å². The summed E-state index contributed by atoms with van der Waals surface area (Å²) in [5.74, 6) is 1.66. The van der Waals surface area contributed by atoms with E-state index < -0.39 is 0 Å². The van der Waals surface area contributed by atoms with Gasteiger partial charge in [-0.3, -0.25) is 4.79 Å². The van der Waals surface area contributed by atoms with E-state index in [1.165, 1.54) is 0 Å². The Hall–Kier alpha value is -2.49. The minimum atomic E-state index is 0.0612. The zero-order valence-electron chi connectivity index (χ0n) is 13.9. The van der Waals surface area contributed by atoms with Gasteiger partial charge in [-0.05, 0) is 42.3 Å². The molecule has 0 aromatic heterocycles. The highest BCUT2D eigenvalue weighted by Crippen LogP contribution is 2.14. The third-order valence-corrected chi connectivity index (χ3v) is 3.60. The highest BCUT2D eigenvalue weighted by Gasteiger charge is 2.10. The highest BCUT2D eigenvalue weighted by molar-refractivity contribution is 5.78. The van der Waals surface area contributed by atoms with E-state index in [1.54, 1.807) is 19.1 Å². The van der Waals surface area contributed by atoms with Gasteiger partial charge in [0.1, 0.15) is 18.1 Å². The van der Waals surface area contributed by atoms with Crippen LogP contribution in [0.5, 0.6) is 11.5 Å². The maximum Gasteiger partial charge on any atom is 0.226 e. The lowest BCUT2D eigenvalue weighted by atomic mass is 10.1. The van der Waals surface area contributed by atoms with Crippen molar-refractivity contribution in [2.75, 3.05) is 27.3 Å². The van der Waals surface area contributed by atoms with Crippen LogP contribution < -0.4 is 9.47 Å². The molecular formula is C19H23NO3. The molecule has 0 radical (unpaired) electrons. The van der Waals surface area contributed by atoms with Crippen LogP contribution >= 0.6 is 0 Å². The average Bonchev–Trinajstić information content (AvgIpc) is 2.55. The van der Waals surface area contributed by atoms with E-state index in [2.05, 4.69) is 0 Å². The molecule has 0 saturated heterocycles. The molecule has 0 spiro atoms. The fourth-order valence-corrected chi connectivity index (χ4v) is 2.22. The van der Waals surface area contributed by atoms with Gasteiger partial charge in [-0.25, -0.2) is 0 Å². The molecule has 0 aliphatic rings. The van der Waals surface area contributed by atoms with Crippen molar-refractivity contribution in [1.29, 1.82) is 0 Å². The van der Waals surface area contributed by atoms with Gasteiger partial charge in [0.25, 0.3) is 0 Å². The summed E-state index contributed by atoms with van der Waals surface area (Å²) in [7, 11) is 3.41. The number of rotatable bonds is 7. The van der Waals surface area contributed by atoms with Gasteiger partial charge >= 0.3 is 0 Å². The smallest absolute Gasteiger partial charge is 0.226 e. The molecule has 2 aromatic rings. The van der Waals surface area contributed by atoms with Gasteiger partial charge in [0.2, 0.25) is 5.91 Å². The number of aryl methyl sites for hydroxylation is 1. The van der Waals surface area contributed by atoms with Gasteiger partial charge in [-0.15, -0.1) is 0 Å². The maximum absolute atomic E-state index is 12.2. The number of hydrogen-bond acceptors (Lipinski definition) is 3. The van der Waals surface area contributed by atoms with Gasteiger partial charge < -0.3 is 14.4 Å². The van der Waals surface area contributed by atoms with Crippen LogP contribution in [0.25, 0.3) is 0 Å². The molecule has 0 aliphatic carbocycles. The summed E-state index contributed by atoms with van der Waals surface area (Å²) in [6, 6.07) is 15.5. The lowest BCUT2D eigenvalue weighted by molar-refractivity contribution is -0.129. The average molecular weight is 313 g/mol. The Bertz CT molecular complexity index is 655. The number of methoxy groups -OCH3 is 1. The second-order valence-electron chi connectivity index (χ2n) is 5.51. The van der Waals surface area contributed by atoms with Gasteiger partial charge in [0.15, 0.2) is 0 Å². The summed E-state index contributed by atoms with van der Waals surface area (Å²) in [6.07, 6.45) is 0.359. The van der Waals surface area contributed by atoms with Crippen LogP contribution in [0.2, 0.25) is 0 Å². The third kappa shape index (κ3) is 5.33. The first-order valence-electron chi connectivity index (χ1n) is 7.65. The van der Waals surface area contributed by atoms with Gasteiger partial charge in [-0.1, -0.05) is 24.3 Å². The van der Waals surface area contributed by atoms with Crippen LogP contribution in [0, 0.1) is 6.92 Å². The number of hydrogen-bond donors (Lipinski definition) is 0. The second kappa shape index (κ2) is 8.22. The predicted octanol–water partition coefficient (Wildman–Crippen LogP) is 3.08. The normalized spacial score (nSPS) is 10.2. The van der Waals surface area contributed by atoms with E-state index >= 15 is 0 Å².